The van der Waals surface area contributed by atoms with Gasteiger partial charge in [-0.05, 0) is 111 Å². The highest BCUT2D eigenvalue weighted by molar-refractivity contribution is 6.07. The number of benzene rings is 3. The van der Waals surface area contributed by atoms with E-state index in [2.05, 4.69) is 63.9 Å². The van der Waals surface area contributed by atoms with Gasteiger partial charge in [-0.1, -0.05) is 25.1 Å². The largest absolute Gasteiger partial charge is 0.488 e. The minimum absolute atomic E-state index is 0.0183. The number of carbonyl (C=O) groups excluding carboxylic acids is 4. The molecule has 3 saturated heterocycles. The average Bonchev–Trinajstić information content (AvgIpc) is 4.17. The third-order valence-electron chi connectivity index (χ3n) is 14.1. The number of alkyl carbamates (subject to hydrolysis) is 2. The van der Waals surface area contributed by atoms with Crippen LogP contribution in [-0.2, 0) is 35.1 Å². The van der Waals surface area contributed by atoms with E-state index in [9.17, 15) is 19.2 Å². The van der Waals surface area contributed by atoms with E-state index in [1.807, 2.05) is 24.1 Å². The highest BCUT2D eigenvalue weighted by Gasteiger charge is 2.45. The van der Waals surface area contributed by atoms with Gasteiger partial charge < -0.3 is 54.1 Å². The molecule has 4 aliphatic heterocycles. The molecule has 17 nitrogen and oxygen atoms in total. The third-order valence-corrected chi connectivity index (χ3v) is 14.1. The van der Waals surface area contributed by atoms with E-state index in [4.69, 9.17) is 33.7 Å². The SMILES string of the molecule is CC[C@H]1CC[C@@H](c2ncc(-c3ccc4c(c3)COc3cc5c(ccc6[nH]c([C@@H]7CC[C@H](C)N7C(=O)[C@@H](NC(=O)OC)[C@@H](C)OC)nc65)cc3-4)[nH]2)N1C(=O)[C@@H](NC(=O)OC)C1CCOCC1. The molecule has 2 aromatic heterocycles. The molecule has 4 N–H and O–H groups in total. The molecular weight excluding hydrogens is 833 g/mol. The Labute approximate surface area is 377 Å². The van der Waals surface area contributed by atoms with Gasteiger partial charge in [-0.3, -0.25) is 9.59 Å². The molecule has 0 saturated carbocycles. The standard InChI is InChI=1S/C48H58N8O9/c1-7-31-11-15-37(56(31)46(58)41(54-48(60)63-6)27-16-18-64-19-17-27)43-49-23-36(51-43)29-9-12-32-30(20-29)24-65-39-22-33-28(21-34(32)39)10-13-35-42(33)52-44(50-35)38-14-8-25(2)55(38)45(57)40(26(3)61-4)53-47(59)62-5/h9-10,12-13,20-23,25-27,31,37-38,40-41H,7-8,11,14-19,24H2,1-6H3,(H,49,51)(H,50,52)(H,53,59)(H,54,60)/t25-,26+,31-,37-,38-,40-,41-/m0/s1. The number of amides is 4. The van der Waals surface area contributed by atoms with Crippen molar-refractivity contribution in [2.45, 2.75) is 115 Å². The Morgan fingerprint density at radius 1 is 0.846 bits per heavy atom. The van der Waals surface area contributed by atoms with Gasteiger partial charge in [0.05, 0.1) is 55.3 Å². The average molecular weight is 891 g/mol. The van der Waals surface area contributed by atoms with Crippen LogP contribution in [0.3, 0.4) is 0 Å². The van der Waals surface area contributed by atoms with Gasteiger partial charge in [0.1, 0.15) is 36.1 Å². The fourth-order valence-electron chi connectivity index (χ4n) is 10.4. The maximum absolute atomic E-state index is 14.4. The van der Waals surface area contributed by atoms with Gasteiger partial charge in [-0.25, -0.2) is 19.6 Å². The number of likely N-dealkylation sites (tertiary alicyclic amines) is 2. The van der Waals surface area contributed by atoms with Crippen LogP contribution in [0, 0.1) is 5.92 Å². The number of ether oxygens (including phenoxy) is 5. The summed E-state index contributed by atoms with van der Waals surface area (Å²) in [6.07, 6.45) is 5.15. The lowest BCUT2D eigenvalue weighted by atomic mass is 9.90. The smallest absolute Gasteiger partial charge is 0.407 e. The monoisotopic (exact) mass is 890 g/mol. The number of aromatic amines is 2. The van der Waals surface area contributed by atoms with Gasteiger partial charge in [0.2, 0.25) is 11.8 Å². The predicted octanol–water partition coefficient (Wildman–Crippen LogP) is 7.07. The summed E-state index contributed by atoms with van der Waals surface area (Å²) in [5.41, 5.74) is 6.51. The van der Waals surface area contributed by atoms with Crippen LogP contribution in [0.15, 0.2) is 48.7 Å². The molecule has 65 heavy (non-hydrogen) atoms. The second-order valence-electron chi connectivity index (χ2n) is 17.7. The fourth-order valence-corrected chi connectivity index (χ4v) is 10.4. The molecule has 0 spiro atoms. The number of H-pyrrole nitrogens is 2. The van der Waals surface area contributed by atoms with Crippen molar-refractivity contribution in [3.05, 3.63) is 65.9 Å². The lowest BCUT2D eigenvalue weighted by Crippen LogP contribution is -2.55. The topological polar surface area (TPSA) is 202 Å². The van der Waals surface area contributed by atoms with Gasteiger partial charge in [0.25, 0.3) is 0 Å². The minimum Gasteiger partial charge on any atom is -0.488 e. The zero-order valence-electron chi connectivity index (χ0n) is 37.8. The van der Waals surface area contributed by atoms with Crippen molar-refractivity contribution in [2.24, 2.45) is 5.92 Å². The molecule has 3 aromatic carbocycles. The first-order valence-electron chi connectivity index (χ1n) is 22.7. The van der Waals surface area contributed by atoms with Crippen LogP contribution in [0.5, 0.6) is 5.75 Å². The lowest BCUT2D eigenvalue weighted by Gasteiger charge is -2.36. The number of aromatic nitrogens is 4. The second kappa shape index (κ2) is 18.4. The van der Waals surface area contributed by atoms with Gasteiger partial charge in [0.15, 0.2) is 0 Å². The summed E-state index contributed by atoms with van der Waals surface area (Å²) in [5.74, 6) is 1.73. The van der Waals surface area contributed by atoms with Crippen molar-refractivity contribution in [3.63, 3.8) is 0 Å². The van der Waals surface area contributed by atoms with Crippen LogP contribution in [0.2, 0.25) is 0 Å². The second-order valence-corrected chi connectivity index (χ2v) is 17.7. The zero-order chi connectivity index (χ0) is 45.5. The molecule has 0 bridgehead atoms. The highest BCUT2D eigenvalue weighted by atomic mass is 16.5. The van der Waals surface area contributed by atoms with Crippen LogP contribution >= 0.6 is 0 Å². The number of carbonyl (C=O) groups is 4. The first-order valence-corrected chi connectivity index (χ1v) is 22.7. The van der Waals surface area contributed by atoms with E-state index in [0.717, 1.165) is 81.2 Å². The van der Waals surface area contributed by atoms with Gasteiger partial charge in [-0.2, -0.15) is 0 Å². The van der Waals surface area contributed by atoms with Crippen LogP contribution in [0.25, 0.3) is 44.2 Å². The molecule has 0 unspecified atom stereocenters. The van der Waals surface area contributed by atoms with E-state index >= 15 is 0 Å². The van der Waals surface area contributed by atoms with E-state index in [-0.39, 0.29) is 41.9 Å². The van der Waals surface area contributed by atoms with Gasteiger partial charge in [0, 0.05) is 43.4 Å². The molecule has 3 fully saturated rings. The first kappa shape index (κ1) is 44.0. The molecule has 4 aliphatic rings. The normalized spacial score (nSPS) is 22.2. The molecule has 5 aromatic rings. The Hall–Kier alpha value is -6.20. The fraction of sp³-hybridized carbons (Fsp3) is 0.500. The Morgan fingerprint density at radius 3 is 2.35 bits per heavy atom. The van der Waals surface area contributed by atoms with E-state index in [1.54, 1.807) is 11.8 Å². The number of nitrogens with zero attached hydrogens (tertiary/aromatic N) is 4. The lowest BCUT2D eigenvalue weighted by molar-refractivity contribution is -0.140. The number of methoxy groups -OCH3 is 3. The summed E-state index contributed by atoms with van der Waals surface area (Å²) >= 11 is 0. The number of nitrogens with one attached hydrogen (secondary N) is 4. The predicted molar refractivity (Wildman–Crippen MR) is 241 cm³/mol. The van der Waals surface area contributed by atoms with Crippen molar-refractivity contribution in [2.75, 3.05) is 34.5 Å². The Balaban J connectivity index is 0.965. The summed E-state index contributed by atoms with van der Waals surface area (Å²) in [7, 11) is 4.08. The summed E-state index contributed by atoms with van der Waals surface area (Å²) in [4.78, 5) is 74.0. The molecule has 4 amide bonds. The number of rotatable bonds is 11. The summed E-state index contributed by atoms with van der Waals surface area (Å²) in [5, 5.41) is 7.46. The summed E-state index contributed by atoms with van der Waals surface area (Å²) in [6.45, 7) is 7.30. The Kier molecular flexibility index (Phi) is 12.4. The van der Waals surface area contributed by atoms with Gasteiger partial charge in [-0.15, -0.1) is 0 Å². The molecule has 7 atom stereocenters. The molecule has 344 valence electrons. The van der Waals surface area contributed by atoms with Crippen LogP contribution in [0.1, 0.15) is 95.0 Å². The van der Waals surface area contributed by atoms with Crippen molar-refractivity contribution >= 4 is 45.8 Å². The molecule has 9 rings (SSSR count). The Bertz CT molecular complexity index is 2600. The molecular formula is C48H58N8O9. The number of fused-ring (bicyclic) bond motifs is 6. The number of hydrogen-bond acceptors (Lipinski definition) is 11. The first-order chi connectivity index (χ1) is 31.5. The van der Waals surface area contributed by atoms with Crippen molar-refractivity contribution in [3.8, 4) is 28.1 Å². The van der Waals surface area contributed by atoms with Crippen molar-refractivity contribution in [1.82, 2.24) is 40.4 Å². The van der Waals surface area contributed by atoms with E-state index in [1.165, 1.54) is 21.3 Å². The molecule has 0 aliphatic carbocycles. The molecule has 6 heterocycles. The summed E-state index contributed by atoms with van der Waals surface area (Å²) in [6, 6.07) is 12.3. The van der Waals surface area contributed by atoms with Crippen molar-refractivity contribution in [1.29, 1.82) is 0 Å². The summed E-state index contributed by atoms with van der Waals surface area (Å²) < 4.78 is 27.3. The third kappa shape index (κ3) is 8.24. The molecule has 0 radical (unpaired) electrons. The van der Waals surface area contributed by atoms with Crippen LogP contribution in [0.4, 0.5) is 9.59 Å². The number of imidazole rings is 2. The minimum atomic E-state index is -0.936. The number of hydrogen-bond donors (Lipinski definition) is 4. The van der Waals surface area contributed by atoms with Crippen molar-refractivity contribution < 1.29 is 42.9 Å². The zero-order valence-corrected chi connectivity index (χ0v) is 37.8. The maximum atomic E-state index is 14.4. The Morgan fingerprint density at radius 2 is 1.60 bits per heavy atom. The molecule has 17 heteroatoms. The van der Waals surface area contributed by atoms with E-state index in [0.29, 0.717) is 50.7 Å². The van der Waals surface area contributed by atoms with Crippen LogP contribution in [-0.4, -0.2) is 119 Å². The highest BCUT2D eigenvalue weighted by Crippen LogP contribution is 2.44. The van der Waals surface area contributed by atoms with Crippen LogP contribution < -0.4 is 15.4 Å². The van der Waals surface area contributed by atoms with Gasteiger partial charge >= 0.3 is 12.2 Å². The quantitative estimate of drug-likeness (QED) is 0.106. The maximum Gasteiger partial charge on any atom is 0.407 e. The van der Waals surface area contributed by atoms with E-state index < -0.39 is 30.4 Å².